The quantitative estimate of drug-likeness (QED) is 0.764. The highest BCUT2D eigenvalue weighted by molar-refractivity contribution is 6.30. The molecule has 22 heavy (non-hydrogen) atoms. The zero-order valence-electron chi connectivity index (χ0n) is 13.2. The molecule has 0 bridgehead atoms. The lowest BCUT2D eigenvalue weighted by molar-refractivity contribution is 0.405. The van der Waals surface area contributed by atoms with E-state index < -0.39 is 0 Å². The number of hydrogen-bond donors (Lipinski definition) is 2. The molecule has 0 saturated heterocycles. The molecule has 1 aromatic carbocycles. The van der Waals surface area contributed by atoms with E-state index in [1.807, 2.05) is 37.3 Å². The van der Waals surface area contributed by atoms with Crippen LogP contribution in [0.3, 0.4) is 0 Å². The van der Waals surface area contributed by atoms with Crippen LogP contribution in [-0.4, -0.2) is 42.1 Å². The molecule has 0 radical (unpaired) electrons. The van der Waals surface area contributed by atoms with Crippen LogP contribution in [0.15, 0.2) is 30.3 Å². The fraction of sp³-hybridized carbons (Fsp3) is 0.375. The lowest BCUT2D eigenvalue weighted by Gasteiger charge is -2.12. The Morgan fingerprint density at radius 1 is 1.14 bits per heavy atom. The predicted molar refractivity (Wildman–Crippen MR) is 93.2 cm³/mol. The number of hydrogen-bond acceptors (Lipinski definition) is 5. The fourth-order valence-corrected chi connectivity index (χ4v) is 2.24. The van der Waals surface area contributed by atoms with Crippen molar-refractivity contribution in [1.82, 2.24) is 14.9 Å². The molecule has 2 aromatic rings. The molecule has 0 fully saturated rings. The van der Waals surface area contributed by atoms with Gasteiger partial charge in [0.1, 0.15) is 17.5 Å². The van der Waals surface area contributed by atoms with E-state index >= 15 is 0 Å². The summed E-state index contributed by atoms with van der Waals surface area (Å²) in [4.78, 5) is 11.0. The van der Waals surface area contributed by atoms with E-state index in [1.165, 1.54) is 0 Å². The van der Waals surface area contributed by atoms with Crippen molar-refractivity contribution < 1.29 is 0 Å². The maximum atomic E-state index is 5.99. The van der Waals surface area contributed by atoms with Gasteiger partial charge in [0.25, 0.3) is 0 Å². The highest BCUT2D eigenvalue weighted by Crippen LogP contribution is 2.20. The van der Waals surface area contributed by atoms with Gasteiger partial charge in [0, 0.05) is 23.3 Å². The molecule has 2 rings (SSSR count). The SMILES string of the molecule is Cc1nc(NCCCN(C)C)cc(Nc2cccc(Cl)c2)n1. The minimum absolute atomic E-state index is 0.692. The van der Waals surface area contributed by atoms with Crippen LogP contribution in [0, 0.1) is 6.92 Å². The lowest BCUT2D eigenvalue weighted by Crippen LogP contribution is -2.16. The van der Waals surface area contributed by atoms with Crippen molar-refractivity contribution in [2.24, 2.45) is 0 Å². The van der Waals surface area contributed by atoms with E-state index in [9.17, 15) is 0 Å². The second kappa shape index (κ2) is 7.96. The first-order chi connectivity index (χ1) is 10.5. The van der Waals surface area contributed by atoms with E-state index in [2.05, 4.69) is 39.6 Å². The maximum Gasteiger partial charge on any atom is 0.136 e. The number of halogens is 1. The summed E-state index contributed by atoms with van der Waals surface area (Å²) < 4.78 is 0. The van der Waals surface area contributed by atoms with Gasteiger partial charge in [-0.05, 0) is 52.2 Å². The second-order valence-electron chi connectivity index (χ2n) is 5.40. The lowest BCUT2D eigenvalue weighted by atomic mass is 10.3. The summed E-state index contributed by atoms with van der Waals surface area (Å²) >= 11 is 5.99. The van der Waals surface area contributed by atoms with Crippen LogP contribution in [0.5, 0.6) is 0 Å². The van der Waals surface area contributed by atoms with Crippen molar-refractivity contribution >= 4 is 28.9 Å². The molecule has 1 aromatic heterocycles. The first kappa shape index (κ1) is 16.5. The standard InChI is InChI=1S/C16H22ClN5/c1-12-19-15(18-8-5-9-22(2)3)11-16(20-12)21-14-7-4-6-13(17)10-14/h4,6-7,10-11H,5,8-9H2,1-3H3,(H2,18,19,20,21). The molecule has 0 aliphatic heterocycles. The van der Waals surface area contributed by atoms with Crippen LogP contribution in [0.2, 0.25) is 5.02 Å². The van der Waals surface area contributed by atoms with Gasteiger partial charge in [-0.3, -0.25) is 0 Å². The number of nitrogens with zero attached hydrogens (tertiary/aromatic N) is 3. The largest absolute Gasteiger partial charge is 0.370 e. The second-order valence-corrected chi connectivity index (χ2v) is 5.84. The van der Waals surface area contributed by atoms with Crippen LogP contribution in [0.4, 0.5) is 17.3 Å². The third-order valence-corrected chi connectivity index (χ3v) is 3.26. The summed E-state index contributed by atoms with van der Waals surface area (Å²) in [7, 11) is 4.14. The van der Waals surface area contributed by atoms with Crippen molar-refractivity contribution in [2.75, 3.05) is 37.8 Å². The number of benzene rings is 1. The minimum Gasteiger partial charge on any atom is -0.370 e. The monoisotopic (exact) mass is 319 g/mol. The summed E-state index contributed by atoms with van der Waals surface area (Å²) in [5.74, 6) is 2.31. The van der Waals surface area contributed by atoms with Gasteiger partial charge >= 0.3 is 0 Å². The Morgan fingerprint density at radius 3 is 2.64 bits per heavy atom. The molecule has 0 unspecified atom stereocenters. The van der Waals surface area contributed by atoms with Gasteiger partial charge < -0.3 is 15.5 Å². The van der Waals surface area contributed by atoms with Crippen molar-refractivity contribution in [3.05, 3.63) is 41.2 Å². The first-order valence-electron chi connectivity index (χ1n) is 7.30. The highest BCUT2D eigenvalue weighted by atomic mass is 35.5. The van der Waals surface area contributed by atoms with Gasteiger partial charge in [-0.15, -0.1) is 0 Å². The van der Waals surface area contributed by atoms with Crippen LogP contribution in [0.25, 0.3) is 0 Å². The van der Waals surface area contributed by atoms with E-state index in [0.29, 0.717) is 5.02 Å². The predicted octanol–water partition coefficient (Wildman–Crippen LogP) is 3.55. The van der Waals surface area contributed by atoms with Gasteiger partial charge in [0.2, 0.25) is 0 Å². The Morgan fingerprint density at radius 2 is 1.91 bits per heavy atom. The zero-order chi connectivity index (χ0) is 15.9. The minimum atomic E-state index is 0.692. The Bertz CT molecular complexity index is 615. The number of aryl methyl sites for hydroxylation is 1. The van der Waals surface area contributed by atoms with Crippen LogP contribution in [-0.2, 0) is 0 Å². The first-order valence-corrected chi connectivity index (χ1v) is 7.67. The van der Waals surface area contributed by atoms with Gasteiger partial charge in [-0.2, -0.15) is 0 Å². The molecular weight excluding hydrogens is 298 g/mol. The molecular formula is C16H22ClN5. The van der Waals surface area contributed by atoms with Crippen molar-refractivity contribution in [3.8, 4) is 0 Å². The Balaban J connectivity index is 2.00. The van der Waals surface area contributed by atoms with Gasteiger partial charge in [0.15, 0.2) is 0 Å². The molecule has 0 spiro atoms. The maximum absolute atomic E-state index is 5.99. The van der Waals surface area contributed by atoms with E-state index in [4.69, 9.17) is 11.6 Å². The van der Waals surface area contributed by atoms with Crippen molar-refractivity contribution in [2.45, 2.75) is 13.3 Å². The summed E-state index contributed by atoms with van der Waals surface area (Å²) in [5, 5.41) is 7.28. The van der Waals surface area contributed by atoms with Crippen LogP contribution < -0.4 is 10.6 Å². The third kappa shape index (κ3) is 5.50. The molecule has 1 heterocycles. The number of aromatic nitrogens is 2. The molecule has 0 aliphatic carbocycles. The molecule has 118 valence electrons. The molecule has 2 N–H and O–H groups in total. The van der Waals surface area contributed by atoms with Crippen molar-refractivity contribution in [3.63, 3.8) is 0 Å². The number of nitrogens with one attached hydrogen (secondary N) is 2. The Labute approximate surface area is 136 Å². The van der Waals surface area contributed by atoms with E-state index in [1.54, 1.807) is 0 Å². The highest BCUT2D eigenvalue weighted by Gasteiger charge is 2.03. The molecule has 5 nitrogen and oxygen atoms in total. The van der Waals surface area contributed by atoms with E-state index in [0.717, 1.165) is 42.7 Å². The molecule has 0 saturated carbocycles. The molecule has 0 aliphatic rings. The fourth-order valence-electron chi connectivity index (χ4n) is 2.05. The summed E-state index contributed by atoms with van der Waals surface area (Å²) in [6.45, 7) is 3.81. The topological polar surface area (TPSA) is 53.1 Å². The number of rotatable bonds is 7. The normalized spacial score (nSPS) is 10.8. The van der Waals surface area contributed by atoms with E-state index in [-0.39, 0.29) is 0 Å². The summed E-state index contributed by atoms with van der Waals surface area (Å²) in [6.07, 6.45) is 1.06. The third-order valence-electron chi connectivity index (χ3n) is 3.02. The van der Waals surface area contributed by atoms with Crippen molar-refractivity contribution in [1.29, 1.82) is 0 Å². The van der Waals surface area contributed by atoms with Gasteiger partial charge in [0.05, 0.1) is 0 Å². The Kier molecular flexibility index (Phi) is 5.98. The van der Waals surface area contributed by atoms with Crippen LogP contribution >= 0.6 is 11.6 Å². The average Bonchev–Trinajstić information content (AvgIpc) is 2.43. The summed E-state index contributed by atoms with van der Waals surface area (Å²) in [6, 6.07) is 9.47. The average molecular weight is 320 g/mol. The van der Waals surface area contributed by atoms with Gasteiger partial charge in [-0.25, -0.2) is 9.97 Å². The smallest absolute Gasteiger partial charge is 0.136 e. The molecule has 0 amide bonds. The zero-order valence-corrected chi connectivity index (χ0v) is 14.0. The van der Waals surface area contributed by atoms with Gasteiger partial charge in [-0.1, -0.05) is 17.7 Å². The summed E-state index contributed by atoms with van der Waals surface area (Å²) in [5.41, 5.74) is 0.907. The Hall–Kier alpha value is -1.85. The molecule has 6 heteroatoms. The number of anilines is 3. The molecule has 0 atom stereocenters. The van der Waals surface area contributed by atoms with Crippen LogP contribution in [0.1, 0.15) is 12.2 Å².